The van der Waals surface area contributed by atoms with Crippen LogP contribution in [0.4, 0.5) is 0 Å². The van der Waals surface area contributed by atoms with Crippen molar-refractivity contribution in [2.75, 3.05) is 13.1 Å². The van der Waals surface area contributed by atoms with Crippen LogP contribution in [0.1, 0.15) is 0 Å². The highest BCUT2D eigenvalue weighted by Gasteiger charge is 1.74. The molecule has 0 aliphatic heterocycles. The Morgan fingerprint density at radius 1 is 1.38 bits per heavy atom. The summed E-state index contributed by atoms with van der Waals surface area (Å²) in [5, 5.41) is 0. The molecule has 0 radical (unpaired) electrons. The second kappa shape index (κ2) is 6.52. The van der Waals surface area contributed by atoms with Crippen molar-refractivity contribution in [1.29, 1.82) is 0 Å². The van der Waals surface area contributed by atoms with Crippen molar-refractivity contribution >= 4 is 18.4 Å². The quantitative estimate of drug-likeness (QED) is 0.325. The molecule has 0 fully saturated rings. The third-order valence-electron chi connectivity index (χ3n) is 0.423. The van der Waals surface area contributed by atoms with Crippen LogP contribution in [0.5, 0.6) is 0 Å². The molecule has 4 nitrogen and oxygen atoms in total. The zero-order valence-corrected chi connectivity index (χ0v) is 5.32. The molecule has 0 aromatic rings. The molecule has 0 unspecified atom stereocenters. The molecule has 0 atom stereocenters. The van der Waals surface area contributed by atoms with Gasteiger partial charge in [-0.05, 0) is 0 Å². The molecule has 0 heterocycles. The Kier molecular flexibility index (Phi) is 8.55. The molecular weight excluding hydrogens is 128 g/mol. The van der Waals surface area contributed by atoms with Gasteiger partial charge in [0, 0.05) is 6.54 Å². The van der Waals surface area contributed by atoms with Crippen molar-refractivity contribution in [3.63, 3.8) is 0 Å². The lowest BCUT2D eigenvalue weighted by atomic mass is 10.7. The molecule has 0 bridgehead atoms. The molecule has 0 aliphatic carbocycles. The van der Waals surface area contributed by atoms with E-state index < -0.39 is 0 Å². The number of hydrogen-bond acceptors (Lipinski definition) is 2. The number of halogens is 1. The molecule has 50 valence electrons. The zero-order valence-electron chi connectivity index (χ0n) is 4.50. The summed E-state index contributed by atoms with van der Waals surface area (Å²) in [6, 6.07) is 0. The Hall–Kier alpha value is -0.480. The van der Waals surface area contributed by atoms with E-state index in [1.807, 2.05) is 0 Å². The van der Waals surface area contributed by atoms with Crippen LogP contribution in [0.15, 0.2) is 4.99 Å². The van der Waals surface area contributed by atoms with Crippen LogP contribution in [0.3, 0.4) is 0 Å². The van der Waals surface area contributed by atoms with Crippen LogP contribution >= 0.6 is 12.4 Å². The van der Waals surface area contributed by atoms with Gasteiger partial charge in [0.2, 0.25) is 0 Å². The Morgan fingerprint density at radius 3 is 2.00 bits per heavy atom. The average Bonchev–Trinajstić information content (AvgIpc) is 1.61. The van der Waals surface area contributed by atoms with Gasteiger partial charge >= 0.3 is 0 Å². The molecule has 0 saturated carbocycles. The Bertz CT molecular complexity index is 67.7. The highest BCUT2D eigenvalue weighted by molar-refractivity contribution is 5.85. The van der Waals surface area contributed by atoms with Gasteiger partial charge in [0.15, 0.2) is 5.96 Å². The van der Waals surface area contributed by atoms with E-state index in [4.69, 9.17) is 17.2 Å². The summed E-state index contributed by atoms with van der Waals surface area (Å²) >= 11 is 0. The van der Waals surface area contributed by atoms with Crippen LogP contribution < -0.4 is 17.2 Å². The van der Waals surface area contributed by atoms with Gasteiger partial charge in [-0.2, -0.15) is 0 Å². The van der Waals surface area contributed by atoms with E-state index in [2.05, 4.69) is 4.99 Å². The molecular formula is C3H11ClN4. The lowest BCUT2D eigenvalue weighted by molar-refractivity contribution is 0.970. The molecule has 0 spiro atoms. The Morgan fingerprint density at radius 2 is 1.88 bits per heavy atom. The highest BCUT2D eigenvalue weighted by atomic mass is 35.5. The third-order valence-corrected chi connectivity index (χ3v) is 0.423. The van der Waals surface area contributed by atoms with Gasteiger partial charge in [-0.3, -0.25) is 4.99 Å². The van der Waals surface area contributed by atoms with E-state index in [1.165, 1.54) is 0 Å². The summed E-state index contributed by atoms with van der Waals surface area (Å²) in [5.41, 5.74) is 15.0. The molecule has 0 aromatic carbocycles. The fraction of sp³-hybridized carbons (Fsp3) is 0.667. The number of guanidine groups is 1. The van der Waals surface area contributed by atoms with E-state index in [1.54, 1.807) is 0 Å². The first-order valence-electron chi connectivity index (χ1n) is 2.03. The molecule has 0 amide bonds. The normalized spacial score (nSPS) is 7.12. The predicted octanol–water partition coefficient (Wildman–Crippen LogP) is -1.36. The van der Waals surface area contributed by atoms with Crippen LogP contribution in [0, 0.1) is 0 Å². The van der Waals surface area contributed by atoms with Crippen molar-refractivity contribution in [3.05, 3.63) is 0 Å². The van der Waals surface area contributed by atoms with Crippen molar-refractivity contribution in [2.24, 2.45) is 22.2 Å². The minimum Gasteiger partial charge on any atom is -0.370 e. The molecule has 0 aliphatic rings. The smallest absolute Gasteiger partial charge is 0.185 e. The largest absolute Gasteiger partial charge is 0.370 e. The lowest BCUT2D eigenvalue weighted by Gasteiger charge is -1.86. The second-order valence-electron chi connectivity index (χ2n) is 1.10. The SMILES string of the molecule is Cl.NCCN=C(N)N. The van der Waals surface area contributed by atoms with Gasteiger partial charge in [-0.1, -0.05) is 0 Å². The van der Waals surface area contributed by atoms with Crippen molar-refractivity contribution < 1.29 is 0 Å². The highest BCUT2D eigenvalue weighted by Crippen LogP contribution is 1.58. The summed E-state index contributed by atoms with van der Waals surface area (Å²) in [7, 11) is 0. The first-order chi connectivity index (χ1) is 3.27. The topological polar surface area (TPSA) is 90.4 Å². The fourth-order valence-corrected chi connectivity index (χ4v) is 0.194. The Balaban J connectivity index is 0. The van der Waals surface area contributed by atoms with Crippen LogP contribution in [-0.2, 0) is 0 Å². The summed E-state index contributed by atoms with van der Waals surface area (Å²) < 4.78 is 0. The third kappa shape index (κ3) is 9.10. The lowest BCUT2D eigenvalue weighted by Crippen LogP contribution is -2.24. The van der Waals surface area contributed by atoms with Gasteiger partial charge in [0.05, 0.1) is 6.54 Å². The molecule has 6 N–H and O–H groups in total. The summed E-state index contributed by atoms with van der Waals surface area (Å²) in [5.74, 6) is 0.102. The van der Waals surface area contributed by atoms with Gasteiger partial charge in [-0.15, -0.1) is 12.4 Å². The van der Waals surface area contributed by atoms with Crippen LogP contribution in [-0.4, -0.2) is 19.0 Å². The maximum absolute atomic E-state index is 5.06. The summed E-state index contributed by atoms with van der Waals surface area (Å²) in [4.78, 5) is 3.59. The molecule has 5 heteroatoms. The second-order valence-corrected chi connectivity index (χ2v) is 1.10. The van der Waals surface area contributed by atoms with E-state index in [-0.39, 0.29) is 18.4 Å². The standard InChI is InChI=1S/C3H10N4.ClH/c4-1-2-7-3(5)6;/h1-2,4H2,(H4,5,6,7);1H. The van der Waals surface area contributed by atoms with E-state index in [0.29, 0.717) is 13.1 Å². The minimum atomic E-state index is 0. The number of rotatable bonds is 2. The molecule has 8 heavy (non-hydrogen) atoms. The van der Waals surface area contributed by atoms with Crippen molar-refractivity contribution in [1.82, 2.24) is 0 Å². The van der Waals surface area contributed by atoms with Gasteiger partial charge < -0.3 is 17.2 Å². The van der Waals surface area contributed by atoms with Crippen LogP contribution in [0.25, 0.3) is 0 Å². The zero-order chi connectivity index (χ0) is 5.70. The monoisotopic (exact) mass is 138 g/mol. The number of hydrogen-bond donors (Lipinski definition) is 3. The van der Waals surface area contributed by atoms with E-state index in [9.17, 15) is 0 Å². The summed E-state index contributed by atoms with van der Waals surface area (Å²) in [6.45, 7) is 1.01. The first-order valence-corrected chi connectivity index (χ1v) is 2.03. The van der Waals surface area contributed by atoms with Crippen LogP contribution in [0.2, 0.25) is 0 Å². The predicted molar refractivity (Wildman–Crippen MR) is 37.0 cm³/mol. The van der Waals surface area contributed by atoms with Crippen molar-refractivity contribution in [3.8, 4) is 0 Å². The van der Waals surface area contributed by atoms with E-state index in [0.717, 1.165) is 0 Å². The first kappa shape index (κ1) is 10.5. The molecule has 0 rings (SSSR count). The van der Waals surface area contributed by atoms with Crippen molar-refractivity contribution in [2.45, 2.75) is 0 Å². The number of nitrogens with two attached hydrogens (primary N) is 3. The molecule has 0 aromatic heterocycles. The fourth-order valence-electron chi connectivity index (χ4n) is 0.194. The van der Waals surface area contributed by atoms with Gasteiger partial charge in [0.1, 0.15) is 0 Å². The number of nitrogens with zero attached hydrogens (tertiary/aromatic N) is 1. The van der Waals surface area contributed by atoms with E-state index >= 15 is 0 Å². The molecule has 0 saturated heterocycles. The summed E-state index contributed by atoms with van der Waals surface area (Å²) in [6.07, 6.45) is 0. The average molecular weight is 139 g/mol. The number of aliphatic imine (C=N–C) groups is 1. The van der Waals surface area contributed by atoms with Gasteiger partial charge in [0.25, 0.3) is 0 Å². The Labute approximate surface area is 54.5 Å². The maximum Gasteiger partial charge on any atom is 0.185 e. The van der Waals surface area contributed by atoms with Gasteiger partial charge in [-0.25, -0.2) is 0 Å². The maximum atomic E-state index is 5.06. The minimum absolute atomic E-state index is 0.